The SMILES string of the molecule is C[Si](CC[Si](C)O[Si](C)(C)C)O[Si](C)(C)C. The monoisotopic (exact) mass is 292 g/mol. The van der Waals surface area contributed by atoms with Gasteiger partial charge < -0.3 is 8.23 Å². The van der Waals surface area contributed by atoms with Gasteiger partial charge in [0.1, 0.15) is 0 Å². The minimum absolute atomic E-state index is 0.574. The molecule has 0 rings (SSSR count). The van der Waals surface area contributed by atoms with E-state index in [1.807, 2.05) is 0 Å². The molecule has 0 atom stereocenters. The van der Waals surface area contributed by atoms with Gasteiger partial charge in [-0.3, -0.25) is 0 Å². The topological polar surface area (TPSA) is 18.5 Å². The van der Waals surface area contributed by atoms with Crippen molar-refractivity contribution < 1.29 is 8.23 Å². The van der Waals surface area contributed by atoms with Crippen molar-refractivity contribution in [3.05, 3.63) is 0 Å². The molecule has 0 unspecified atom stereocenters. The van der Waals surface area contributed by atoms with E-state index in [9.17, 15) is 0 Å². The van der Waals surface area contributed by atoms with E-state index in [4.69, 9.17) is 8.23 Å². The average Bonchev–Trinajstić information content (AvgIpc) is 1.94. The summed E-state index contributed by atoms with van der Waals surface area (Å²) in [5.74, 6) is 0. The van der Waals surface area contributed by atoms with E-state index in [1.54, 1.807) is 0 Å². The van der Waals surface area contributed by atoms with Gasteiger partial charge in [-0.15, -0.1) is 0 Å². The lowest BCUT2D eigenvalue weighted by molar-refractivity contribution is 0.561. The number of rotatable bonds is 7. The van der Waals surface area contributed by atoms with Crippen LogP contribution in [0, 0.1) is 0 Å². The molecular weight excluding hydrogens is 264 g/mol. The summed E-state index contributed by atoms with van der Waals surface area (Å²) in [5.41, 5.74) is 0. The quantitative estimate of drug-likeness (QED) is 0.662. The molecule has 0 saturated carbocycles. The minimum atomic E-state index is -1.31. The third kappa shape index (κ3) is 11.3. The van der Waals surface area contributed by atoms with Crippen LogP contribution < -0.4 is 0 Å². The second-order valence-corrected chi connectivity index (χ2v) is 20.2. The molecule has 0 spiro atoms. The summed E-state index contributed by atoms with van der Waals surface area (Å²) in [6, 6.07) is 2.51. The van der Waals surface area contributed by atoms with Crippen molar-refractivity contribution >= 4 is 34.7 Å². The molecule has 0 aromatic rings. The molecule has 0 N–H and O–H groups in total. The molecule has 0 aromatic carbocycles. The Kier molecular flexibility index (Phi) is 6.98. The Bertz CT molecular complexity index is 176. The summed E-state index contributed by atoms with van der Waals surface area (Å²) in [5, 5.41) is 0. The third-order valence-corrected chi connectivity index (χ3v) is 11.9. The van der Waals surface area contributed by atoms with Crippen LogP contribution in [0.3, 0.4) is 0 Å². The predicted molar refractivity (Wildman–Crippen MR) is 81.7 cm³/mol. The lowest BCUT2D eigenvalue weighted by Gasteiger charge is -2.25. The highest BCUT2D eigenvalue weighted by Gasteiger charge is 2.23. The van der Waals surface area contributed by atoms with E-state index in [2.05, 4.69) is 52.4 Å². The maximum absolute atomic E-state index is 6.13. The van der Waals surface area contributed by atoms with E-state index in [1.165, 1.54) is 12.1 Å². The zero-order valence-corrected chi connectivity index (χ0v) is 16.2. The first-order valence-electron chi connectivity index (χ1n) is 6.02. The largest absolute Gasteiger partial charge is 0.456 e. The van der Waals surface area contributed by atoms with Crippen molar-refractivity contribution in [1.82, 2.24) is 0 Å². The fourth-order valence-corrected chi connectivity index (χ4v) is 13.5. The summed E-state index contributed by atoms with van der Waals surface area (Å²) in [4.78, 5) is 0. The van der Waals surface area contributed by atoms with E-state index in [0.717, 1.165) is 0 Å². The highest BCUT2D eigenvalue weighted by atomic mass is 28.4. The Hall–Kier alpha value is 0.788. The molecule has 2 nitrogen and oxygen atoms in total. The molecular formula is C10H28O2Si4. The molecule has 6 heteroatoms. The molecule has 96 valence electrons. The van der Waals surface area contributed by atoms with Crippen LogP contribution in [-0.2, 0) is 8.23 Å². The summed E-state index contributed by atoms with van der Waals surface area (Å²) in [7, 11) is -3.78. The summed E-state index contributed by atoms with van der Waals surface area (Å²) >= 11 is 0. The molecule has 0 aliphatic rings. The van der Waals surface area contributed by atoms with Crippen LogP contribution in [0.1, 0.15) is 0 Å². The number of hydrogen-bond acceptors (Lipinski definition) is 2. The first-order chi connectivity index (χ1) is 6.99. The zero-order chi connectivity index (χ0) is 13.0. The molecule has 16 heavy (non-hydrogen) atoms. The Labute approximate surface area is 107 Å². The van der Waals surface area contributed by atoms with Gasteiger partial charge >= 0.3 is 0 Å². The lowest BCUT2D eigenvalue weighted by Crippen LogP contribution is -2.36. The van der Waals surface area contributed by atoms with Crippen LogP contribution in [0.4, 0.5) is 0 Å². The molecule has 0 fully saturated rings. The van der Waals surface area contributed by atoms with Crippen LogP contribution in [0.15, 0.2) is 0 Å². The standard InChI is InChI=1S/C10H28O2Si4/c1-13(11-15(3,4)5)9-10-14(2)12-16(6,7)8/h9-10H2,1-8H3. The normalized spacial score (nSPS) is 13.9. The van der Waals surface area contributed by atoms with Crippen molar-refractivity contribution in [3.63, 3.8) is 0 Å². The van der Waals surface area contributed by atoms with Crippen molar-refractivity contribution in [1.29, 1.82) is 0 Å². The summed E-state index contributed by atoms with van der Waals surface area (Å²) in [6.07, 6.45) is 0. The Morgan fingerprint density at radius 1 is 0.688 bits per heavy atom. The second kappa shape index (κ2) is 6.65. The Balaban J connectivity index is 3.80. The molecule has 0 aromatic heterocycles. The van der Waals surface area contributed by atoms with Gasteiger partial charge in [0, 0.05) is 0 Å². The van der Waals surface area contributed by atoms with E-state index in [-0.39, 0.29) is 0 Å². The molecule has 0 aliphatic heterocycles. The van der Waals surface area contributed by atoms with Crippen LogP contribution >= 0.6 is 0 Å². The molecule has 0 heterocycles. The van der Waals surface area contributed by atoms with Gasteiger partial charge in [0.05, 0.1) is 0 Å². The van der Waals surface area contributed by atoms with Gasteiger partial charge in [0.2, 0.25) is 0 Å². The molecule has 2 radical (unpaired) electrons. The smallest absolute Gasteiger partial charge is 0.194 e. The maximum atomic E-state index is 6.13. The molecule has 0 bridgehead atoms. The molecule has 0 aliphatic carbocycles. The second-order valence-electron chi connectivity index (χ2n) is 6.33. The fraction of sp³-hybridized carbons (Fsp3) is 1.00. The van der Waals surface area contributed by atoms with Gasteiger partial charge in [-0.1, -0.05) is 0 Å². The number of hydrogen-bond donors (Lipinski definition) is 0. The molecule has 0 amide bonds. The van der Waals surface area contributed by atoms with Crippen molar-refractivity contribution in [2.75, 3.05) is 0 Å². The van der Waals surface area contributed by atoms with E-state index >= 15 is 0 Å². The lowest BCUT2D eigenvalue weighted by atomic mass is 10.9. The van der Waals surface area contributed by atoms with Gasteiger partial charge in [-0.05, 0) is 64.5 Å². The van der Waals surface area contributed by atoms with Gasteiger partial charge in [-0.25, -0.2) is 0 Å². The fourth-order valence-electron chi connectivity index (χ4n) is 1.50. The Morgan fingerprint density at radius 2 is 0.938 bits per heavy atom. The van der Waals surface area contributed by atoms with Crippen LogP contribution in [0.25, 0.3) is 0 Å². The Morgan fingerprint density at radius 3 is 1.12 bits per heavy atom. The van der Waals surface area contributed by atoms with Crippen LogP contribution in [0.2, 0.25) is 64.5 Å². The minimum Gasteiger partial charge on any atom is -0.456 e. The van der Waals surface area contributed by atoms with E-state index < -0.39 is 34.7 Å². The highest BCUT2D eigenvalue weighted by molar-refractivity contribution is 6.78. The van der Waals surface area contributed by atoms with Crippen molar-refractivity contribution in [2.24, 2.45) is 0 Å². The average molecular weight is 293 g/mol. The van der Waals surface area contributed by atoms with Crippen molar-refractivity contribution in [2.45, 2.75) is 64.5 Å². The predicted octanol–water partition coefficient (Wildman–Crippen LogP) is 3.93. The van der Waals surface area contributed by atoms with Gasteiger partial charge in [0.15, 0.2) is 34.7 Å². The van der Waals surface area contributed by atoms with E-state index in [0.29, 0.717) is 0 Å². The van der Waals surface area contributed by atoms with Crippen LogP contribution in [0.5, 0.6) is 0 Å². The van der Waals surface area contributed by atoms with Crippen molar-refractivity contribution in [3.8, 4) is 0 Å². The molecule has 0 saturated heterocycles. The third-order valence-electron chi connectivity index (χ3n) is 1.79. The summed E-state index contributed by atoms with van der Waals surface area (Å²) < 4.78 is 12.3. The van der Waals surface area contributed by atoms with Crippen LogP contribution in [-0.4, -0.2) is 34.7 Å². The highest BCUT2D eigenvalue weighted by Crippen LogP contribution is 2.14. The zero-order valence-electron chi connectivity index (χ0n) is 12.2. The first-order valence-corrected chi connectivity index (χ1v) is 17.1. The van der Waals surface area contributed by atoms with Gasteiger partial charge in [-0.2, -0.15) is 0 Å². The maximum Gasteiger partial charge on any atom is 0.194 e. The first kappa shape index (κ1) is 16.8. The van der Waals surface area contributed by atoms with Gasteiger partial charge in [0.25, 0.3) is 0 Å². The summed E-state index contributed by atoms with van der Waals surface area (Å²) in [6.45, 7) is 18.2.